The van der Waals surface area contributed by atoms with Crippen LogP contribution in [0, 0.1) is 19.8 Å². The molecule has 2 N–H and O–H groups in total. The summed E-state index contributed by atoms with van der Waals surface area (Å²) in [5.41, 5.74) is 3.24. The number of aryl methyl sites for hydroxylation is 2. The highest BCUT2D eigenvalue weighted by Gasteiger charge is 2.29. The molecule has 0 saturated carbocycles. The first kappa shape index (κ1) is 15.0. The fourth-order valence-corrected chi connectivity index (χ4v) is 3.15. The molecule has 0 radical (unpaired) electrons. The predicted octanol–water partition coefficient (Wildman–Crippen LogP) is 1.95. The van der Waals surface area contributed by atoms with Crippen LogP contribution < -0.4 is 10.2 Å². The molecule has 1 unspecified atom stereocenters. The predicted molar refractivity (Wildman–Crippen MR) is 83.1 cm³/mol. The van der Waals surface area contributed by atoms with Gasteiger partial charge >= 0.3 is 0 Å². The number of carbonyl (C=O) groups excluding carboxylic acids is 1. The molecule has 3 heteroatoms. The molecule has 3 nitrogen and oxygen atoms in total. The minimum atomic E-state index is 0.0248. The molecule has 3 atom stereocenters. The third kappa shape index (κ3) is 3.40. The number of carbonyl (C=O) groups is 1. The second kappa shape index (κ2) is 6.40. The maximum atomic E-state index is 12.5. The van der Waals surface area contributed by atoms with Crippen molar-refractivity contribution < 1.29 is 9.69 Å². The number of rotatable bonds is 3. The van der Waals surface area contributed by atoms with Crippen molar-refractivity contribution in [3.05, 3.63) is 29.3 Å². The standard InChI is InChI=1S/C17H26N2O/c1-12-7-6-10-19(11-12)15(4)17(20)18-16-13(2)8-5-9-14(16)3/h5,8-9,12,15H,6-7,10-11H2,1-4H3,(H,18,20)/p+1/t12-,15-/m0/s1. The van der Waals surface area contributed by atoms with Crippen LogP contribution in [0.15, 0.2) is 18.2 Å². The van der Waals surface area contributed by atoms with E-state index in [1.807, 2.05) is 32.0 Å². The molecule has 0 bridgehead atoms. The topological polar surface area (TPSA) is 33.5 Å². The monoisotopic (exact) mass is 275 g/mol. The molecule has 1 aliphatic rings. The molecule has 1 aromatic rings. The van der Waals surface area contributed by atoms with E-state index in [-0.39, 0.29) is 11.9 Å². The SMILES string of the molecule is Cc1cccc(C)c1NC(=O)[C@H](C)[NH+]1CCC[C@H](C)C1. The Morgan fingerprint density at radius 2 is 2.00 bits per heavy atom. The Balaban J connectivity index is 2.04. The number of amides is 1. The van der Waals surface area contributed by atoms with Gasteiger partial charge in [-0.25, -0.2) is 0 Å². The van der Waals surface area contributed by atoms with Gasteiger partial charge in [0.05, 0.1) is 13.1 Å². The summed E-state index contributed by atoms with van der Waals surface area (Å²) in [5.74, 6) is 0.876. The first-order chi connectivity index (χ1) is 9.49. The summed E-state index contributed by atoms with van der Waals surface area (Å²) in [4.78, 5) is 13.9. The van der Waals surface area contributed by atoms with E-state index in [9.17, 15) is 4.79 Å². The van der Waals surface area contributed by atoms with Gasteiger partial charge < -0.3 is 10.2 Å². The van der Waals surface area contributed by atoms with E-state index in [1.54, 1.807) is 0 Å². The lowest BCUT2D eigenvalue weighted by Crippen LogP contribution is -3.17. The Kier molecular flexibility index (Phi) is 4.81. The first-order valence-electron chi connectivity index (χ1n) is 7.70. The fraction of sp³-hybridized carbons (Fsp3) is 0.588. The molecule has 2 rings (SSSR count). The third-order valence-corrected chi connectivity index (χ3v) is 4.54. The van der Waals surface area contributed by atoms with E-state index >= 15 is 0 Å². The number of likely N-dealkylation sites (tertiary alicyclic amines) is 1. The highest BCUT2D eigenvalue weighted by atomic mass is 16.2. The van der Waals surface area contributed by atoms with Crippen LogP contribution in [0.3, 0.4) is 0 Å². The molecule has 1 aromatic carbocycles. The zero-order valence-corrected chi connectivity index (χ0v) is 13.1. The molecule has 1 amide bonds. The fourth-order valence-electron chi connectivity index (χ4n) is 3.15. The van der Waals surface area contributed by atoms with E-state index in [1.165, 1.54) is 17.7 Å². The molecule has 1 heterocycles. The molecule has 0 aromatic heterocycles. The zero-order valence-electron chi connectivity index (χ0n) is 13.1. The highest BCUT2D eigenvalue weighted by molar-refractivity contribution is 5.95. The number of hydrogen-bond acceptors (Lipinski definition) is 1. The number of hydrogen-bond donors (Lipinski definition) is 2. The minimum Gasteiger partial charge on any atom is -0.325 e. The van der Waals surface area contributed by atoms with E-state index in [2.05, 4.69) is 19.2 Å². The van der Waals surface area contributed by atoms with Crippen LogP contribution in [0.25, 0.3) is 0 Å². The molecule has 0 aliphatic carbocycles. The van der Waals surface area contributed by atoms with Crippen molar-refractivity contribution in [1.82, 2.24) is 0 Å². The van der Waals surface area contributed by atoms with Gasteiger partial charge in [-0.05, 0) is 44.7 Å². The van der Waals surface area contributed by atoms with E-state index in [0.717, 1.165) is 35.8 Å². The normalized spacial score (nSPS) is 24.2. The van der Waals surface area contributed by atoms with Gasteiger partial charge in [-0.3, -0.25) is 4.79 Å². The Hall–Kier alpha value is -1.35. The van der Waals surface area contributed by atoms with Crippen LogP contribution in [-0.4, -0.2) is 25.0 Å². The summed E-state index contributed by atoms with van der Waals surface area (Å²) in [7, 11) is 0. The Labute approximate surface area is 122 Å². The van der Waals surface area contributed by atoms with Crippen molar-refractivity contribution in [3.63, 3.8) is 0 Å². The van der Waals surface area contributed by atoms with Gasteiger partial charge in [-0.2, -0.15) is 0 Å². The van der Waals surface area contributed by atoms with Gasteiger partial charge in [0, 0.05) is 11.6 Å². The molecule has 0 spiro atoms. The van der Waals surface area contributed by atoms with Crippen molar-refractivity contribution in [1.29, 1.82) is 0 Å². The first-order valence-corrected chi connectivity index (χ1v) is 7.70. The van der Waals surface area contributed by atoms with Gasteiger partial charge in [0.1, 0.15) is 0 Å². The lowest BCUT2D eigenvalue weighted by Gasteiger charge is -2.32. The van der Waals surface area contributed by atoms with Crippen LogP contribution >= 0.6 is 0 Å². The van der Waals surface area contributed by atoms with E-state index < -0.39 is 0 Å². The average molecular weight is 275 g/mol. The summed E-state index contributed by atoms with van der Waals surface area (Å²) in [6.45, 7) is 10.7. The summed E-state index contributed by atoms with van der Waals surface area (Å²) in [5, 5.41) is 3.13. The molecule has 110 valence electrons. The van der Waals surface area contributed by atoms with Gasteiger partial charge in [-0.15, -0.1) is 0 Å². The molecular weight excluding hydrogens is 248 g/mol. The number of anilines is 1. The van der Waals surface area contributed by atoms with Gasteiger partial charge in [0.2, 0.25) is 0 Å². The molecule has 1 saturated heterocycles. The van der Waals surface area contributed by atoms with Crippen molar-refractivity contribution in [2.45, 2.75) is 46.6 Å². The van der Waals surface area contributed by atoms with Gasteiger partial charge in [-0.1, -0.05) is 25.1 Å². The summed E-state index contributed by atoms with van der Waals surface area (Å²) in [6.07, 6.45) is 2.53. The van der Waals surface area contributed by atoms with Crippen LogP contribution in [-0.2, 0) is 4.79 Å². The average Bonchev–Trinajstić information content (AvgIpc) is 2.42. The van der Waals surface area contributed by atoms with Crippen molar-refractivity contribution in [3.8, 4) is 0 Å². The lowest BCUT2D eigenvalue weighted by molar-refractivity contribution is -0.922. The summed E-state index contributed by atoms with van der Waals surface area (Å²) < 4.78 is 0. The van der Waals surface area contributed by atoms with Crippen molar-refractivity contribution >= 4 is 11.6 Å². The lowest BCUT2D eigenvalue weighted by atomic mass is 9.99. The smallest absolute Gasteiger partial charge is 0.282 e. The largest absolute Gasteiger partial charge is 0.325 e. The van der Waals surface area contributed by atoms with Crippen LogP contribution in [0.2, 0.25) is 0 Å². The highest BCUT2D eigenvalue weighted by Crippen LogP contribution is 2.19. The second-order valence-corrected chi connectivity index (χ2v) is 6.34. The zero-order chi connectivity index (χ0) is 14.7. The van der Waals surface area contributed by atoms with E-state index in [4.69, 9.17) is 0 Å². The van der Waals surface area contributed by atoms with Crippen molar-refractivity contribution in [2.75, 3.05) is 18.4 Å². The maximum absolute atomic E-state index is 12.5. The Morgan fingerprint density at radius 3 is 2.60 bits per heavy atom. The number of para-hydroxylation sites is 1. The molecular formula is C17H27N2O+. The molecule has 20 heavy (non-hydrogen) atoms. The second-order valence-electron chi connectivity index (χ2n) is 6.34. The van der Waals surface area contributed by atoms with Gasteiger partial charge in [0.25, 0.3) is 5.91 Å². The summed E-state index contributed by atoms with van der Waals surface area (Å²) in [6, 6.07) is 6.14. The van der Waals surface area contributed by atoms with Crippen LogP contribution in [0.4, 0.5) is 5.69 Å². The number of quaternary nitrogens is 1. The van der Waals surface area contributed by atoms with Crippen molar-refractivity contribution in [2.24, 2.45) is 5.92 Å². The molecule has 1 aliphatic heterocycles. The Bertz CT molecular complexity index is 464. The van der Waals surface area contributed by atoms with E-state index in [0.29, 0.717) is 0 Å². The quantitative estimate of drug-likeness (QED) is 0.868. The number of piperidine rings is 1. The maximum Gasteiger partial charge on any atom is 0.282 e. The van der Waals surface area contributed by atoms with Gasteiger partial charge in [0.15, 0.2) is 6.04 Å². The minimum absolute atomic E-state index is 0.0248. The molecule has 1 fully saturated rings. The van der Waals surface area contributed by atoms with Crippen LogP contribution in [0.5, 0.6) is 0 Å². The number of benzene rings is 1. The number of nitrogens with one attached hydrogen (secondary N) is 2. The summed E-state index contributed by atoms with van der Waals surface area (Å²) >= 11 is 0. The van der Waals surface area contributed by atoms with Crippen LogP contribution in [0.1, 0.15) is 37.8 Å². The Morgan fingerprint density at radius 1 is 1.35 bits per heavy atom. The third-order valence-electron chi connectivity index (χ3n) is 4.54.